The van der Waals surface area contributed by atoms with Gasteiger partial charge in [-0.25, -0.2) is 0 Å². The van der Waals surface area contributed by atoms with E-state index < -0.39 is 0 Å². The van der Waals surface area contributed by atoms with Crippen LogP contribution in [-0.2, 0) is 0 Å². The Morgan fingerprint density at radius 3 is 2.23 bits per heavy atom. The lowest BCUT2D eigenvalue weighted by Crippen LogP contribution is -2.41. The average Bonchev–Trinajstić information content (AvgIpc) is 2.81. The normalized spacial score (nSPS) is 30.8. The first kappa shape index (κ1) is 29.5. The van der Waals surface area contributed by atoms with Crippen LogP contribution in [0.4, 0.5) is 0 Å². The van der Waals surface area contributed by atoms with Crippen molar-refractivity contribution in [2.45, 2.75) is 139 Å². The SMILES string of the molecule is C=C1CCCC2C(CC=C3CCCCC32C)C(C)CC1.CC.CC.CCCC(C)C. The highest BCUT2D eigenvalue weighted by Gasteiger charge is 2.45. The van der Waals surface area contributed by atoms with Gasteiger partial charge in [-0.2, -0.15) is 0 Å². The topological polar surface area (TPSA) is 0 Å². The largest absolute Gasteiger partial charge is 0.0999 e. The molecular weight excluding hydrogens is 360 g/mol. The second-order valence-electron chi connectivity index (χ2n) is 10.2. The smallest absolute Gasteiger partial charge is 0.00853 e. The van der Waals surface area contributed by atoms with Crippen molar-refractivity contribution in [1.29, 1.82) is 0 Å². The Hall–Kier alpha value is -0.520. The van der Waals surface area contributed by atoms with Crippen LogP contribution in [0.2, 0.25) is 0 Å². The van der Waals surface area contributed by atoms with Gasteiger partial charge in [-0.05, 0) is 86.9 Å². The van der Waals surface area contributed by atoms with Gasteiger partial charge >= 0.3 is 0 Å². The molecule has 0 aliphatic heterocycles. The fraction of sp³-hybridized carbons (Fsp3) is 0.867. The van der Waals surface area contributed by atoms with Crippen molar-refractivity contribution in [3.05, 3.63) is 23.8 Å². The third-order valence-corrected chi connectivity index (χ3v) is 7.69. The standard InChI is InChI=1S/C20H32.C6H14.2C2H6/c1-15-7-6-9-19-18(16(2)11-10-15)13-12-17-8-4-5-14-20(17,19)3;1-4-5-6(2)3;2*1-2/h12,16,18-19H,1,4-11,13-14H2,2-3H3;6H,4-5H2,1-3H3;2*1-2H3. The van der Waals surface area contributed by atoms with Crippen molar-refractivity contribution < 1.29 is 0 Å². The number of hydrogen-bond acceptors (Lipinski definition) is 0. The third-order valence-electron chi connectivity index (χ3n) is 7.69. The summed E-state index contributed by atoms with van der Waals surface area (Å²) >= 11 is 0. The lowest BCUT2D eigenvalue weighted by Gasteiger charge is -2.51. The average molecular weight is 419 g/mol. The van der Waals surface area contributed by atoms with Crippen molar-refractivity contribution in [2.24, 2.45) is 29.1 Å². The van der Waals surface area contributed by atoms with Gasteiger partial charge in [-0.1, -0.05) is 105 Å². The van der Waals surface area contributed by atoms with Gasteiger partial charge in [0.1, 0.15) is 0 Å². The van der Waals surface area contributed by atoms with E-state index in [0.717, 1.165) is 23.7 Å². The van der Waals surface area contributed by atoms with E-state index in [1.165, 1.54) is 82.6 Å². The quantitative estimate of drug-likeness (QED) is 0.391. The van der Waals surface area contributed by atoms with Crippen molar-refractivity contribution in [3.63, 3.8) is 0 Å². The summed E-state index contributed by atoms with van der Waals surface area (Å²) in [6, 6.07) is 0. The van der Waals surface area contributed by atoms with E-state index in [2.05, 4.69) is 47.3 Å². The molecule has 0 bridgehead atoms. The summed E-state index contributed by atoms with van der Waals surface area (Å²) in [6.07, 6.45) is 19.2. The number of allylic oxidation sites excluding steroid dienone is 3. The van der Waals surface area contributed by atoms with Crippen LogP contribution in [0.5, 0.6) is 0 Å². The Kier molecular flexibility index (Phi) is 15.9. The predicted molar refractivity (Wildman–Crippen MR) is 140 cm³/mol. The van der Waals surface area contributed by atoms with Crippen LogP contribution in [-0.4, -0.2) is 0 Å². The van der Waals surface area contributed by atoms with Crippen LogP contribution in [0, 0.1) is 29.1 Å². The van der Waals surface area contributed by atoms with Crippen LogP contribution in [0.3, 0.4) is 0 Å². The van der Waals surface area contributed by atoms with E-state index in [1.807, 2.05) is 33.3 Å². The molecule has 178 valence electrons. The van der Waals surface area contributed by atoms with Crippen molar-refractivity contribution in [1.82, 2.24) is 0 Å². The van der Waals surface area contributed by atoms with Crippen LogP contribution in [0.15, 0.2) is 23.8 Å². The minimum absolute atomic E-state index is 0.543. The lowest BCUT2D eigenvalue weighted by molar-refractivity contribution is 0.0679. The summed E-state index contributed by atoms with van der Waals surface area (Å²) in [5.41, 5.74) is 3.88. The summed E-state index contributed by atoms with van der Waals surface area (Å²) in [5, 5.41) is 0. The molecule has 0 heteroatoms. The van der Waals surface area contributed by atoms with Gasteiger partial charge in [0, 0.05) is 0 Å². The maximum absolute atomic E-state index is 4.30. The summed E-state index contributed by atoms with van der Waals surface area (Å²) in [6.45, 7) is 24.1. The maximum Gasteiger partial charge on any atom is -0.00853 e. The van der Waals surface area contributed by atoms with Crippen molar-refractivity contribution >= 4 is 0 Å². The maximum atomic E-state index is 4.30. The molecule has 3 rings (SSSR count). The van der Waals surface area contributed by atoms with Gasteiger partial charge in [0.05, 0.1) is 0 Å². The summed E-state index contributed by atoms with van der Waals surface area (Å²) < 4.78 is 0. The Balaban J connectivity index is 0.000000719. The highest BCUT2D eigenvalue weighted by Crippen LogP contribution is 2.56. The first-order valence-electron chi connectivity index (χ1n) is 13.7. The second-order valence-corrected chi connectivity index (χ2v) is 10.2. The molecule has 0 amide bonds. The third kappa shape index (κ3) is 8.92. The van der Waals surface area contributed by atoms with E-state index in [-0.39, 0.29) is 0 Å². The van der Waals surface area contributed by atoms with E-state index in [4.69, 9.17) is 0 Å². The molecule has 0 radical (unpaired) electrons. The van der Waals surface area contributed by atoms with Crippen LogP contribution in [0.25, 0.3) is 0 Å². The Bertz CT molecular complexity index is 468. The first-order chi connectivity index (χ1) is 14.4. The van der Waals surface area contributed by atoms with Crippen LogP contribution in [0.1, 0.15) is 139 Å². The van der Waals surface area contributed by atoms with E-state index >= 15 is 0 Å². The zero-order chi connectivity index (χ0) is 23.2. The first-order valence-corrected chi connectivity index (χ1v) is 13.7. The predicted octanol–water partition coefficient (Wildman–Crippen LogP) is 10.8. The summed E-state index contributed by atoms with van der Waals surface area (Å²) in [4.78, 5) is 0. The number of hydrogen-bond donors (Lipinski definition) is 0. The molecule has 0 spiro atoms. The van der Waals surface area contributed by atoms with Gasteiger partial charge < -0.3 is 0 Å². The van der Waals surface area contributed by atoms with Gasteiger partial charge in [0.25, 0.3) is 0 Å². The Labute approximate surface area is 192 Å². The molecule has 0 nitrogen and oxygen atoms in total. The van der Waals surface area contributed by atoms with E-state index in [1.54, 1.807) is 0 Å². The van der Waals surface area contributed by atoms with Crippen molar-refractivity contribution in [3.8, 4) is 0 Å². The fourth-order valence-corrected chi connectivity index (χ4v) is 6.01. The fourth-order valence-electron chi connectivity index (χ4n) is 6.01. The van der Waals surface area contributed by atoms with Gasteiger partial charge in [-0.15, -0.1) is 0 Å². The Morgan fingerprint density at radius 1 is 1.00 bits per heavy atom. The number of rotatable bonds is 2. The molecule has 0 saturated heterocycles. The molecular formula is C30H58. The zero-order valence-electron chi connectivity index (χ0n) is 22.6. The minimum atomic E-state index is 0.543. The molecule has 4 unspecified atom stereocenters. The lowest BCUT2D eigenvalue weighted by atomic mass is 9.54. The van der Waals surface area contributed by atoms with Crippen LogP contribution < -0.4 is 0 Å². The highest BCUT2D eigenvalue weighted by molar-refractivity contribution is 5.22. The van der Waals surface area contributed by atoms with Crippen molar-refractivity contribution in [2.75, 3.05) is 0 Å². The molecule has 3 aliphatic carbocycles. The summed E-state index contributed by atoms with van der Waals surface area (Å²) in [5.74, 6) is 3.66. The molecule has 2 saturated carbocycles. The van der Waals surface area contributed by atoms with Gasteiger partial charge in [0.15, 0.2) is 0 Å². The molecule has 4 atom stereocenters. The Morgan fingerprint density at radius 2 is 1.67 bits per heavy atom. The zero-order valence-corrected chi connectivity index (χ0v) is 22.6. The van der Waals surface area contributed by atoms with Gasteiger partial charge in [-0.3, -0.25) is 0 Å². The molecule has 0 aromatic heterocycles. The highest BCUT2D eigenvalue weighted by atomic mass is 14.5. The molecule has 30 heavy (non-hydrogen) atoms. The molecule has 2 fully saturated rings. The van der Waals surface area contributed by atoms with E-state index in [0.29, 0.717) is 5.41 Å². The molecule has 0 aromatic carbocycles. The monoisotopic (exact) mass is 418 g/mol. The molecule has 3 aliphatic rings. The van der Waals surface area contributed by atoms with E-state index in [9.17, 15) is 0 Å². The molecule has 0 heterocycles. The molecule has 0 N–H and O–H groups in total. The van der Waals surface area contributed by atoms with Crippen LogP contribution >= 0.6 is 0 Å². The second kappa shape index (κ2) is 16.2. The number of fused-ring (bicyclic) bond motifs is 3. The van der Waals surface area contributed by atoms with Gasteiger partial charge in [0.2, 0.25) is 0 Å². The molecule has 0 aromatic rings. The summed E-state index contributed by atoms with van der Waals surface area (Å²) in [7, 11) is 0. The minimum Gasteiger partial charge on any atom is -0.0999 e.